The molecule has 0 saturated heterocycles. The van der Waals surface area contributed by atoms with Crippen LogP contribution in [0.4, 0.5) is 0 Å². The first-order valence-corrected chi connectivity index (χ1v) is 9.44. The van der Waals surface area contributed by atoms with E-state index in [1.807, 2.05) is 18.2 Å². The lowest BCUT2D eigenvalue weighted by molar-refractivity contribution is 0.416. The van der Waals surface area contributed by atoms with E-state index in [2.05, 4.69) is 52.9 Å². The van der Waals surface area contributed by atoms with Crippen molar-refractivity contribution in [2.24, 2.45) is 0 Å². The van der Waals surface area contributed by atoms with Gasteiger partial charge in [0, 0.05) is 17.3 Å². The Morgan fingerprint density at radius 2 is 1.96 bits per heavy atom. The molecule has 6 heteroatoms. The summed E-state index contributed by atoms with van der Waals surface area (Å²) in [5, 5.41) is 10.3. The second-order valence-corrected chi connectivity index (χ2v) is 6.99. The maximum absolute atomic E-state index is 6.17. The largest absolute Gasteiger partial charge is 0.496 e. The highest BCUT2D eigenvalue weighted by Gasteiger charge is 2.17. The molecule has 0 aliphatic rings. The molecule has 0 aliphatic carbocycles. The minimum Gasteiger partial charge on any atom is -0.496 e. The molecule has 0 fully saturated rings. The van der Waals surface area contributed by atoms with Gasteiger partial charge in [0.05, 0.1) is 12.7 Å². The average Bonchev–Trinajstić information content (AvgIpc) is 3.03. The summed E-state index contributed by atoms with van der Waals surface area (Å²) in [6, 6.07) is 13.9. The van der Waals surface area contributed by atoms with Gasteiger partial charge in [-0.3, -0.25) is 0 Å². The van der Waals surface area contributed by atoms with E-state index in [0.717, 1.165) is 34.6 Å². The van der Waals surface area contributed by atoms with Gasteiger partial charge in [-0.2, -0.15) is 0 Å². The first kappa shape index (κ1) is 17.8. The van der Waals surface area contributed by atoms with E-state index in [0.29, 0.717) is 5.02 Å². The number of aryl methyl sites for hydroxylation is 1. The van der Waals surface area contributed by atoms with Gasteiger partial charge in [-0.25, -0.2) is 0 Å². The van der Waals surface area contributed by atoms with E-state index in [-0.39, 0.29) is 0 Å². The molecular weight excluding hydrogens is 354 g/mol. The molecule has 25 heavy (non-hydrogen) atoms. The molecule has 0 radical (unpaired) electrons. The first-order chi connectivity index (χ1) is 12.1. The normalized spacial score (nSPS) is 10.9. The van der Waals surface area contributed by atoms with Gasteiger partial charge >= 0.3 is 0 Å². The lowest BCUT2D eigenvalue weighted by atomic mass is 10.1. The zero-order valence-electron chi connectivity index (χ0n) is 14.5. The molecule has 0 aliphatic heterocycles. The summed E-state index contributed by atoms with van der Waals surface area (Å²) in [5.74, 6) is 2.37. The Kier molecular flexibility index (Phi) is 5.66. The fourth-order valence-electron chi connectivity index (χ4n) is 2.65. The Morgan fingerprint density at radius 1 is 1.16 bits per heavy atom. The molecule has 0 atom stereocenters. The predicted molar refractivity (Wildman–Crippen MR) is 103 cm³/mol. The summed E-state index contributed by atoms with van der Waals surface area (Å²) in [6.45, 7) is 4.98. The third-order valence-corrected chi connectivity index (χ3v) is 5.30. The third kappa shape index (κ3) is 3.83. The van der Waals surface area contributed by atoms with E-state index < -0.39 is 0 Å². The molecule has 0 N–H and O–H groups in total. The van der Waals surface area contributed by atoms with Crippen molar-refractivity contribution in [1.82, 2.24) is 14.8 Å². The van der Waals surface area contributed by atoms with Crippen LogP contribution in [-0.4, -0.2) is 21.9 Å². The zero-order chi connectivity index (χ0) is 17.8. The molecule has 1 aromatic heterocycles. The van der Waals surface area contributed by atoms with Crippen LogP contribution >= 0.6 is 23.4 Å². The fraction of sp³-hybridized carbons (Fsp3) is 0.263. The summed E-state index contributed by atoms with van der Waals surface area (Å²) < 4.78 is 7.56. The highest BCUT2D eigenvalue weighted by atomic mass is 35.5. The van der Waals surface area contributed by atoms with Crippen molar-refractivity contribution >= 4 is 23.4 Å². The smallest absolute Gasteiger partial charge is 0.191 e. The Bertz CT molecular complexity index is 879. The topological polar surface area (TPSA) is 39.9 Å². The number of rotatable bonds is 6. The Labute approximate surface area is 157 Å². The van der Waals surface area contributed by atoms with E-state index in [1.54, 1.807) is 18.9 Å². The molecule has 3 rings (SSSR count). The molecule has 1 heterocycles. The van der Waals surface area contributed by atoms with Gasteiger partial charge in [0.1, 0.15) is 5.75 Å². The van der Waals surface area contributed by atoms with Gasteiger partial charge in [0.2, 0.25) is 0 Å². The maximum Gasteiger partial charge on any atom is 0.191 e. The van der Waals surface area contributed by atoms with Gasteiger partial charge in [-0.15, -0.1) is 10.2 Å². The highest BCUT2D eigenvalue weighted by molar-refractivity contribution is 7.98. The zero-order valence-corrected chi connectivity index (χ0v) is 16.1. The molecule has 4 nitrogen and oxygen atoms in total. The second kappa shape index (κ2) is 7.93. The van der Waals surface area contributed by atoms with Gasteiger partial charge in [-0.1, -0.05) is 47.6 Å². The summed E-state index contributed by atoms with van der Waals surface area (Å²) in [4.78, 5) is 0. The van der Waals surface area contributed by atoms with Gasteiger partial charge in [-0.05, 0) is 43.2 Å². The highest BCUT2D eigenvalue weighted by Crippen LogP contribution is 2.34. The maximum atomic E-state index is 6.17. The second-order valence-electron chi connectivity index (χ2n) is 5.61. The predicted octanol–water partition coefficient (Wildman–Crippen LogP) is 5.23. The molecule has 2 aromatic carbocycles. The number of halogens is 1. The van der Waals surface area contributed by atoms with Gasteiger partial charge in [0.25, 0.3) is 0 Å². The van der Waals surface area contributed by atoms with Gasteiger partial charge in [0.15, 0.2) is 11.0 Å². The van der Waals surface area contributed by atoms with Crippen LogP contribution in [0.1, 0.15) is 18.1 Å². The van der Waals surface area contributed by atoms with E-state index in [4.69, 9.17) is 16.3 Å². The summed E-state index contributed by atoms with van der Waals surface area (Å²) in [6.07, 6.45) is 0. The van der Waals surface area contributed by atoms with Crippen LogP contribution in [0, 0.1) is 6.92 Å². The van der Waals surface area contributed by atoms with Crippen LogP contribution < -0.4 is 4.74 Å². The van der Waals surface area contributed by atoms with Crippen molar-refractivity contribution < 1.29 is 4.74 Å². The molecule has 3 aromatic rings. The van der Waals surface area contributed by atoms with E-state index in [1.165, 1.54) is 11.1 Å². The van der Waals surface area contributed by atoms with E-state index in [9.17, 15) is 0 Å². The third-order valence-electron chi connectivity index (χ3n) is 4.05. The van der Waals surface area contributed by atoms with Crippen molar-refractivity contribution in [2.45, 2.75) is 31.3 Å². The fourth-order valence-corrected chi connectivity index (χ4v) is 3.90. The number of benzene rings is 2. The minimum atomic E-state index is 0.649. The van der Waals surface area contributed by atoms with Crippen LogP contribution in [0.25, 0.3) is 11.4 Å². The summed E-state index contributed by atoms with van der Waals surface area (Å²) in [5.41, 5.74) is 3.45. The molecular formula is C19H20ClN3OS. The standard InChI is InChI=1S/C19H20ClN3OS/c1-4-23-18(16-11-15(20)9-10-17(16)24-3)21-22-19(23)25-12-14-8-6-5-7-13(14)2/h5-11H,4,12H2,1-3H3. The summed E-state index contributed by atoms with van der Waals surface area (Å²) >= 11 is 7.85. The monoisotopic (exact) mass is 373 g/mol. The molecule has 0 bridgehead atoms. The molecule has 0 unspecified atom stereocenters. The quantitative estimate of drug-likeness (QED) is 0.555. The van der Waals surface area contributed by atoms with Crippen molar-refractivity contribution in [3.63, 3.8) is 0 Å². The summed E-state index contributed by atoms with van der Waals surface area (Å²) in [7, 11) is 1.65. The SMILES string of the molecule is CCn1c(SCc2ccccc2C)nnc1-c1cc(Cl)ccc1OC. The number of hydrogen-bond acceptors (Lipinski definition) is 4. The number of ether oxygens (including phenoxy) is 1. The molecule has 0 amide bonds. The lowest BCUT2D eigenvalue weighted by Crippen LogP contribution is -2.01. The van der Waals surface area contributed by atoms with Crippen LogP contribution in [0.3, 0.4) is 0 Å². The number of nitrogens with zero attached hydrogens (tertiary/aromatic N) is 3. The Morgan fingerprint density at radius 3 is 2.68 bits per heavy atom. The molecule has 0 saturated carbocycles. The first-order valence-electron chi connectivity index (χ1n) is 8.08. The molecule has 130 valence electrons. The number of methoxy groups -OCH3 is 1. The average molecular weight is 374 g/mol. The van der Waals surface area contributed by atoms with Crippen molar-refractivity contribution in [3.8, 4) is 17.1 Å². The number of thioether (sulfide) groups is 1. The number of aromatic nitrogens is 3. The number of hydrogen-bond donors (Lipinski definition) is 0. The van der Waals surface area contributed by atoms with Crippen LogP contribution in [-0.2, 0) is 12.3 Å². The lowest BCUT2D eigenvalue weighted by Gasteiger charge is -2.11. The molecule has 0 spiro atoms. The van der Waals surface area contributed by atoms with Crippen LogP contribution in [0.2, 0.25) is 5.02 Å². The van der Waals surface area contributed by atoms with Crippen molar-refractivity contribution in [2.75, 3.05) is 7.11 Å². The van der Waals surface area contributed by atoms with Crippen molar-refractivity contribution in [3.05, 3.63) is 58.6 Å². The van der Waals surface area contributed by atoms with E-state index >= 15 is 0 Å². The van der Waals surface area contributed by atoms with Gasteiger partial charge < -0.3 is 9.30 Å². The minimum absolute atomic E-state index is 0.649. The van der Waals surface area contributed by atoms with Crippen molar-refractivity contribution in [1.29, 1.82) is 0 Å². The Hall–Kier alpha value is -1.98. The Balaban J connectivity index is 1.92. The van der Waals surface area contributed by atoms with Crippen LogP contribution in [0.5, 0.6) is 5.75 Å². The van der Waals surface area contributed by atoms with Crippen LogP contribution in [0.15, 0.2) is 47.6 Å².